The summed E-state index contributed by atoms with van der Waals surface area (Å²) in [6.07, 6.45) is 4.78. The molecule has 0 spiro atoms. The van der Waals surface area contributed by atoms with Gasteiger partial charge in [-0.1, -0.05) is 43.7 Å². The zero-order valence-electron chi connectivity index (χ0n) is 21.4. The minimum atomic E-state index is -4.13. The monoisotopic (exact) mass is 549 g/mol. The number of hydrogen-bond acceptors (Lipinski definition) is 10. The van der Waals surface area contributed by atoms with E-state index in [1.165, 1.54) is 31.6 Å². The molecule has 0 atom stereocenters. The maximum absolute atomic E-state index is 14.0. The summed E-state index contributed by atoms with van der Waals surface area (Å²) >= 11 is 0. The highest BCUT2D eigenvalue weighted by atomic mass is 32.2. The van der Waals surface area contributed by atoms with Crippen LogP contribution in [0, 0.1) is 0 Å². The van der Waals surface area contributed by atoms with E-state index in [0.717, 1.165) is 4.31 Å². The van der Waals surface area contributed by atoms with E-state index < -0.39 is 10.0 Å². The first-order valence-electron chi connectivity index (χ1n) is 12.1. The first-order valence-corrected chi connectivity index (χ1v) is 13.6. The maximum atomic E-state index is 14.0. The molecule has 39 heavy (non-hydrogen) atoms. The van der Waals surface area contributed by atoms with Gasteiger partial charge in [0.1, 0.15) is 6.61 Å². The molecule has 0 unspecified atom stereocenters. The molecule has 0 saturated carbocycles. The van der Waals surface area contributed by atoms with Crippen molar-refractivity contribution in [3.8, 4) is 34.8 Å². The molecule has 0 amide bonds. The molecule has 0 bridgehead atoms. The Morgan fingerprint density at radius 1 is 0.897 bits per heavy atom. The van der Waals surface area contributed by atoms with Gasteiger partial charge in [0.15, 0.2) is 29.4 Å². The van der Waals surface area contributed by atoms with Crippen LogP contribution in [0.2, 0.25) is 0 Å². The number of benzene rings is 2. The number of sulfonamides is 1. The molecule has 0 saturated heterocycles. The number of aromatic nitrogens is 4. The number of para-hydroxylation sites is 2. The highest BCUT2D eigenvalue weighted by molar-refractivity contribution is 7.92. The predicted molar refractivity (Wildman–Crippen MR) is 144 cm³/mol. The highest BCUT2D eigenvalue weighted by Gasteiger charge is 2.32. The molecule has 202 valence electrons. The molecule has 4 aromatic rings. The molecular weight excluding hydrogens is 522 g/mol. The summed E-state index contributed by atoms with van der Waals surface area (Å²) in [7, 11) is -2.65. The van der Waals surface area contributed by atoms with Crippen LogP contribution >= 0.6 is 0 Å². The fourth-order valence-corrected chi connectivity index (χ4v) is 5.05. The Hall–Kier alpha value is -4.58. The van der Waals surface area contributed by atoms with Gasteiger partial charge in [0.05, 0.1) is 12.0 Å². The van der Waals surface area contributed by atoms with Crippen LogP contribution < -0.4 is 18.5 Å². The van der Waals surface area contributed by atoms with Gasteiger partial charge in [0.25, 0.3) is 15.9 Å². The summed E-state index contributed by atoms with van der Waals surface area (Å²) < 4.78 is 46.4. The molecule has 2 aromatic carbocycles. The number of aldehydes is 1. The average Bonchev–Trinajstić information content (AvgIpc) is 2.98. The van der Waals surface area contributed by atoms with Crippen LogP contribution in [-0.2, 0) is 14.8 Å². The Balaban J connectivity index is 2.00. The minimum absolute atomic E-state index is 0.0105. The Labute approximate surface area is 226 Å². The van der Waals surface area contributed by atoms with Gasteiger partial charge in [-0.25, -0.2) is 27.7 Å². The van der Waals surface area contributed by atoms with E-state index in [1.807, 2.05) is 6.92 Å². The number of anilines is 1. The molecule has 0 fully saturated rings. The Bertz CT molecular complexity index is 1500. The van der Waals surface area contributed by atoms with E-state index in [2.05, 4.69) is 19.9 Å². The number of unbranched alkanes of at least 4 members (excludes halogenated alkanes) is 1. The van der Waals surface area contributed by atoms with E-state index >= 15 is 0 Å². The molecule has 2 heterocycles. The van der Waals surface area contributed by atoms with Crippen LogP contribution in [-0.4, -0.2) is 54.9 Å². The lowest BCUT2D eigenvalue weighted by molar-refractivity contribution is -0.109. The third-order valence-corrected chi connectivity index (χ3v) is 7.24. The fraction of sp³-hybridized carbons (Fsp3) is 0.222. The molecule has 0 aliphatic rings. The molecule has 4 rings (SSSR count). The van der Waals surface area contributed by atoms with Gasteiger partial charge in [-0.15, -0.1) is 0 Å². The summed E-state index contributed by atoms with van der Waals surface area (Å²) in [5.74, 6) is 0.386. The van der Waals surface area contributed by atoms with Crippen LogP contribution in [0.15, 0.2) is 78.0 Å². The normalized spacial score (nSPS) is 11.0. The summed E-state index contributed by atoms with van der Waals surface area (Å²) in [5.41, 5.74) is 0. The van der Waals surface area contributed by atoms with E-state index in [1.54, 1.807) is 48.5 Å². The summed E-state index contributed by atoms with van der Waals surface area (Å²) in [6, 6.07) is 16.4. The zero-order chi connectivity index (χ0) is 27.7. The number of carbonyl (C=O) groups is 1. The number of rotatable bonds is 13. The standard InChI is InChI=1S/C27H27N5O6S/c1-3-4-17-32(39(34,35)20-11-6-5-7-12-20)26-23(38-22-14-9-8-13-21(22)36-2)27(37-19-18-33)31-25(30-26)24-28-15-10-16-29-24/h5-16,18H,3-4,17,19H2,1-2H3. The van der Waals surface area contributed by atoms with Gasteiger partial charge in [-0.05, 0) is 36.8 Å². The van der Waals surface area contributed by atoms with Gasteiger partial charge >= 0.3 is 0 Å². The molecule has 2 aromatic heterocycles. The van der Waals surface area contributed by atoms with Crippen LogP contribution in [0.4, 0.5) is 5.82 Å². The van der Waals surface area contributed by atoms with Crippen LogP contribution in [0.5, 0.6) is 23.1 Å². The van der Waals surface area contributed by atoms with Gasteiger partial charge in [-0.2, -0.15) is 4.98 Å². The largest absolute Gasteiger partial charge is 0.493 e. The topological polar surface area (TPSA) is 134 Å². The smallest absolute Gasteiger partial charge is 0.265 e. The number of methoxy groups -OCH3 is 1. The second kappa shape index (κ2) is 12.8. The first-order chi connectivity index (χ1) is 19.0. The molecule has 0 aliphatic heterocycles. The molecule has 0 N–H and O–H groups in total. The predicted octanol–water partition coefficient (Wildman–Crippen LogP) is 4.31. The van der Waals surface area contributed by atoms with Gasteiger partial charge in [0.2, 0.25) is 11.6 Å². The number of hydrogen-bond donors (Lipinski definition) is 0. The fourth-order valence-electron chi connectivity index (χ4n) is 3.58. The third-order valence-electron chi connectivity index (χ3n) is 5.43. The van der Waals surface area contributed by atoms with Crippen LogP contribution in [0.1, 0.15) is 19.8 Å². The van der Waals surface area contributed by atoms with Crippen molar-refractivity contribution in [2.45, 2.75) is 24.7 Å². The summed E-state index contributed by atoms with van der Waals surface area (Å²) in [6.45, 7) is 1.66. The molecule has 0 radical (unpaired) electrons. The van der Waals surface area contributed by atoms with Crippen molar-refractivity contribution in [1.82, 2.24) is 19.9 Å². The van der Waals surface area contributed by atoms with E-state index in [-0.39, 0.29) is 52.9 Å². The van der Waals surface area contributed by atoms with Gasteiger partial charge in [0, 0.05) is 18.9 Å². The molecule has 0 aliphatic carbocycles. The number of nitrogens with zero attached hydrogens (tertiary/aromatic N) is 5. The second-order valence-electron chi connectivity index (χ2n) is 8.05. The number of carbonyl (C=O) groups excluding carboxylic acids is 1. The highest BCUT2D eigenvalue weighted by Crippen LogP contribution is 2.43. The van der Waals surface area contributed by atoms with Crippen molar-refractivity contribution in [2.24, 2.45) is 0 Å². The van der Waals surface area contributed by atoms with Crippen molar-refractivity contribution < 1.29 is 27.4 Å². The maximum Gasteiger partial charge on any atom is 0.265 e. The second-order valence-corrected chi connectivity index (χ2v) is 9.91. The van der Waals surface area contributed by atoms with Crippen molar-refractivity contribution in [2.75, 3.05) is 24.6 Å². The lowest BCUT2D eigenvalue weighted by Gasteiger charge is -2.26. The van der Waals surface area contributed by atoms with Gasteiger partial charge < -0.3 is 14.2 Å². The van der Waals surface area contributed by atoms with Crippen molar-refractivity contribution in [3.05, 3.63) is 73.1 Å². The van der Waals surface area contributed by atoms with Crippen molar-refractivity contribution in [3.63, 3.8) is 0 Å². The molecule has 12 heteroatoms. The van der Waals surface area contributed by atoms with Crippen molar-refractivity contribution >= 4 is 22.1 Å². The average molecular weight is 550 g/mol. The summed E-state index contributed by atoms with van der Waals surface area (Å²) in [4.78, 5) is 28.7. The third kappa shape index (κ3) is 6.29. The molecule has 11 nitrogen and oxygen atoms in total. The zero-order valence-corrected chi connectivity index (χ0v) is 22.2. The minimum Gasteiger partial charge on any atom is -0.493 e. The Morgan fingerprint density at radius 3 is 2.26 bits per heavy atom. The van der Waals surface area contributed by atoms with Crippen LogP contribution in [0.3, 0.4) is 0 Å². The van der Waals surface area contributed by atoms with E-state index in [9.17, 15) is 13.2 Å². The first kappa shape index (κ1) is 27.5. The van der Waals surface area contributed by atoms with Crippen molar-refractivity contribution in [1.29, 1.82) is 0 Å². The molecular formula is C27H27N5O6S. The summed E-state index contributed by atoms with van der Waals surface area (Å²) in [5, 5.41) is 0. The quantitative estimate of drug-likeness (QED) is 0.222. The lowest BCUT2D eigenvalue weighted by atomic mass is 10.3. The van der Waals surface area contributed by atoms with E-state index in [4.69, 9.17) is 14.2 Å². The SMILES string of the molecule is CCCCN(c1nc(-c2ncccn2)nc(OCC=O)c1Oc1ccccc1OC)S(=O)(=O)c1ccccc1. The van der Waals surface area contributed by atoms with E-state index in [0.29, 0.717) is 24.9 Å². The Kier molecular flexibility index (Phi) is 9.00. The van der Waals surface area contributed by atoms with Crippen LogP contribution in [0.25, 0.3) is 11.6 Å². The lowest BCUT2D eigenvalue weighted by Crippen LogP contribution is -2.33. The Morgan fingerprint density at radius 2 is 1.59 bits per heavy atom. The number of ether oxygens (including phenoxy) is 3. The van der Waals surface area contributed by atoms with Gasteiger partial charge in [-0.3, -0.25) is 4.79 Å².